The molecule has 0 atom stereocenters. The van der Waals surface area contributed by atoms with Crippen molar-refractivity contribution in [2.75, 3.05) is 12.4 Å². The topological polar surface area (TPSA) is 74.5 Å². The Morgan fingerprint density at radius 3 is 2.71 bits per heavy atom. The second kappa shape index (κ2) is 7.37. The minimum Gasteiger partial charge on any atom is -0.496 e. The van der Waals surface area contributed by atoms with Crippen molar-refractivity contribution in [3.8, 4) is 22.9 Å². The fourth-order valence-electron chi connectivity index (χ4n) is 3.25. The van der Waals surface area contributed by atoms with E-state index in [1.165, 1.54) is 0 Å². The summed E-state index contributed by atoms with van der Waals surface area (Å²) in [5.41, 5.74) is 5.16. The number of nitrogens with zero attached hydrogens (tertiary/aromatic N) is 2. The number of rotatable bonds is 3. The highest BCUT2D eigenvalue weighted by atomic mass is 16.5. The van der Waals surface area contributed by atoms with Crippen LogP contribution < -0.4 is 10.1 Å². The van der Waals surface area contributed by atoms with Crippen LogP contribution in [0.1, 0.15) is 17.5 Å². The van der Waals surface area contributed by atoms with Crippen LogP contribution >= 0.6 is 0 Å². The van der Waals surface area contributed by atoms with E-state index in [1.54, 1.807) is 25.3 Å². The Morgan fingerprint density at radius 1 is 1.04 bits per heavy atom. The summed E-state index contributed by atoms with van der Waals surface area (Å²) in [4.78, 5) is 17.2. The number of nitriles is 1. The van der Waals surface area contributed by atoms with E-state index in [1.807, 2.05) is 48.5 Å². The van der Waals surface area contributed by atoms with Crippen molar-refractivity contribution in [1.29, 1.82) is 5.26 Å². The number of aliphatic imine (C=N–C) groups is 1. The van der Waals surface area contributed by atoms with Gasteiger partial charge in [-0.25, -0.2) is 0 Å². The Bertz CT molecular complexity index is 1140. The van der Waals surface area contributed by atoms with Gasteiger partial charge in [-0.3, -0.25) is 9.79 Å². The fraction of sp³-hybridized carbons (Fsp3) is 0.0870. The largest absolute Gasteiger partial charge is 0.496 e. The highest BCUT2D eigenvalue weighted by Gasteiger charge is 2.18. The third-order valence-corrected chi connectivity index (χ3v) is 4.60. The zero-order valence-corrected chi connectivity index (χ0v) is 15.3. The molecule has 1 heterocycles. The first-order chi connectivity index (χ1) is 13.7. The number of methoxy groups -OCH3 is 1. The van der Waals surface area contributed by atoms with E-state index in [-0.39, 0.29) is 12.3 Å². The molecule has 1 aliphatic heterocycles. The summed E-state index contributed by atoms with van der Waals surface area (Å²) in [6.07, 6.45) is 0.146. The van der Waals surface area contributed by atoms with Gasteiger partial charge < -0.3 is 10.1 Å². The van der Waals surface area contributed by atoms with Crippen LogP contribution in [0.2, 0.25) is 0 Å². The molecule has 0 unspecified atom stereocenters. The first-order valence-corrected chi connectivity index (χ1v) is 8.83. The molecule has 0 bridgehead atoms. The van der Waals surface area contributed by atoms with Crippen LogP contribution in [0.4, 0.5) is 11.4 Å². The van der Waals surface area contributed by atoms with Crippen LogP contribution in [0.5, 0.6) is 5.75 Å². The Kier molecular flexibility index (Phi) is 4.61. The number of para-hydroxylation sites is 1. The van der Waals surface area contributed by atoms with Gasteiger partial charge in [0.2, 0.25) is 5.91 Å². The second-order valence-corrected chi connectivity index (χ2v) is 6.41. The molecule has 136 valence electrons. The molecule has 0 saturated carbocycles. The maximum Gasteiger partial charge on any atom is 0.230 e. The number of carbonyl (C=O) groups is 1. The third kappa shape index (κ3) is 3.36. The highest BCUT2D eigenvalue weighted by molar-refractivity contribution is 6.17. The van der Waals surface area contributed by atoms with Gasteiger partial charge in [0, 0.05) is 5.56 Å². The zero-order valence-electron chi connectivity index (χ0n) is 15.3. The molecule has 1 N–H and O–H groups in total. The van der Waals surface area contributed by atoms with Gasteiger partial charge in [0.05, 0.1) is 42.2 Å². The molecule has 0 radical (unpaired) electrons. The lowest BCUT2D eigenvalue weighted by Gasteiger charge is -2.11. The van der Waals surface area contributed by atoms with Gasteiger partial charge >= 0.3 is 0 Å². The molecule has 0 aromatic heterocycles. The molecular weight excluding hydrogens is 350 g/mol. The van der Waals surface area contributed by atoms with Gasteiger partial charge in [-0.15, -0.1) is 0 Å². The van der Waals surface area contributed by atoms with Crippen LogP contribution in [-0.4, -0.2) is 18.7 Å². The zero-order chi connectivity index (χ0) is 19.5. The molecule has 0 spiro atoms. The molecule has 4 rings (SSSR count). The van der Waals surface area contributed by atoms with Crippen LogP contribution in [0, 0.1) is 11.3 Å². The third-order valence-electron chi connectivity index (χ3n) is 4.60. The lowest BCUT2D eigenvalue weighted by atomic mass is 10.0. The first kappa shape index (κ1) is 17.5. The molecule has 0 fully saturated rings. The maximum absolute atomic E-state index is 12.5. The predicted molar refractivity (Wildman–Crippen MR) is 109 cm³/mol. The van der Waals surface area contributed by atoms with E-state index in [2.05, 4.69) is 11.4 Å². The Morgan fingerprint density at radius 2 is 1.89 bits per heavy atom. The van der Waals surface area contributed by atoms with Crippen molar-refractivity contribution in [3.63, 3.8) is 0 Å². The number of nitrogens with one attached hydrogen (secondary N) is 1. The van der Waals surface area contributed by atoms with E-state index in [9.17, 15) is 4.79 Å². The number of benzene rings is 3. The number of anilines is 1. The number of hydrogen-bond acceptors (Lipinski definition) is 4. The standard InChI is InChI=1S/C23H17N3O2/c1-28-22-8-3-2-7-18(22)16-9-10-19-21(12-16)26-23(27)13-20(25-19)17-6-4-5-15(11-17)14-24/h2-12H,13H2,1H3,(H,26,27). The van der Waals surface area contributed by atoms with E-state index in [0.717, 1.165) is 22.4 Å². The molecule has 0 aliphatic carbocycles. The summed E-state index contributed by atoms with van der Waals surface area (Å²) in [7, 11) is 1.63. The van der Waals surface area contributed by atoms with Crippen molar-refractivity contribution in [2.24, 2.45) is 4.99 Å². The Labute approximate surface area is 162 Å². The van der Waals surface area contributed by atoms with E-state index in [0.29, 0.717) is 22.6 Å². The minimum atomic E-state index is -0.142. The number of carbonyl (C=O) groups excluding carboxylic acids is 1. The second-order valence-electron chi connectivity index (χ2n) is 6.41. The Hall–Kier alpha value is -3.91. The van der Waals surface area contributed by atoms with E-state index >= 15 is 0 Å². The average Bonchev–Trinajstić information content (AvgIpc) is 2.91. The number of fused-ring (bicyclic) bond motifs is 1. The van der Waals surface area contributed by atoms with Crippen molar-refractivity contribution < 1.29 is 9.53 Å². The van der Waals surface area contributed by atoms with Crippen molar-refractivity contribution in [2.45, 2.75) is 6.42 Å². The van der Waals surface area contributed by atoms with Crippen LogP contribution in [0.25, 0.3) is 11.1 Å². The number of amides is 1. The minimum absolute atomic E-state index is 0.142. The molecule has 3 aromatic rings. The summed E-state index contributed by atoms with van der Waals surface area (Å²) >= 11 is 0. The number of ether oxygens (including phenoxy) is 1. The first-order valence-electron chi connectivity index (χ1n) is 8.83. The molecular formula is C23H17N3O2. The summed E-state index contributed by atoms with van der Waals surface area (Å²) in [5.74, 6) is 0.622. The Balaban J connectivity index is 1.79. The van der Waals surface area contributed by atoms with Crippen molar-refractivity contribution >= 4 is 23.0 Å². The average molecular weight is 367 g/mol. The van der Waals surface area contributed by atoms with Gasteiger partial charge in [0.1, 0.15) is 5.75 Å². The van der Waals surface area contributed by atoms with Crippen molar-refractivity contribution in [1.82, 2.24) is 0 Å². The SMILES string of the molecule is COc1ccccc1-c1ccc2c(c1)NC(=O)CC(c1cccc(C#N)c1)=N2. The van der Waals surface area contributed by atoms with Crippen LogP contribution in [0.15, 0.2) is 71.7 Å². The van der Waals surface area contributed by atoms with Crippen molar-refractivity contribution in [3.05, 3.63) is 77.9 Å². The van der Waals surface area contributed by atoms with E-state index < -0.39 is 0 Å². The van der Waals surface area contributed by atoms with Crippen LogP contribution in [-0.2, 0) is 4.79 Å². The molecule has 1 aliphatic rings. The maximum atomic E-state index is 12.5. The van der Waals surface area contributed by atoms with Gasteiger partial charge in [0.25, 0.3) is 0 Å². The van der Waals surface area contributed by atoms with Gasteiger partial charge in [0.15, 0.2) is 0 Å². The number of hydrogen-bond donors (Lipinski definition) is 1. The molecule has 1 amide bonds. The smallest absolute Gasteiger partial charge is 0.230 e. The predicted octanol–water partition coefficient (Wildman–Crippen LogP) is 4.70. The highest BCUT2D eigenvalue weighted by Crippen LogP contribution is 2.36. The molecule has 5 heteroatoms. The lowest BCUT2D eigenvalue weighted by molar-refractivity contribution is -0.115. The van der Waals surface area contributed by atoms with Gasteiger partial charge in [-0.05, 0) is 41.5 Å². The summed E-state index contributed by atoms with van der Waals surface area (Å²) in [5, 5.41) is 12.1. The van der Waals surface area contributed by atoms with Gasteiger partial charge in [-0.1, -0.05) is 36.4 Å². The normalized spacial score (nSPS) is 12.9. The molecule has 3 aromatic carbocycles. The summed E-state index contributed by atoms with van der Waals surface area (Å²) < 4.78 is 5.45. The quantitative estimate of drug-likeness (QED) is 0.729. The van der Waals surface area contributed by atoms with E-state index in [4.69, 9.17) is 15.0 Å². The molecule has 0 saturated heterocycles. The monoisotopic (exact) mass is 367 g/mol. The lowest BCUT2D eigenvalue weighted by Crippen LogP contribution is -2.15. The van der Waals surface area contributed by atoms with Crippen LogP contribution in [0.3, 0.4) is 0 Å². The van der Waals surface area contributed by atoms with Gasteiger partial charge in [-0.2, -0.15) is 5.26 Å². The summed E-state index contributed by atoms with van der Waals surface area (Å²) in [6, 6.07) is 22.7. The fourth-order valence-corrected chi connectivity index (χ4v) is 3.25. The summed E-state index contributed by atoms with van der Waals surface area (Å²) in [6.45, 7) is 0. The molecule has 5 nitrogen and oxygen atoms in total. The molecule has 28 heavy (non-hydrogen) atoms.